The molecule has 29 heavy (non-hydrogen) atoms. The second kappa shape index (κ2) is 7.77. The summed E-state index contributed by atoms with van der Waals surface area (Å²) in [5.74, 6) is 0.602. The first-order valence-electron chi connectivity index (χ1n) is 11.2. The predicted molar refractivity (Wildman–Crippen MR) is 109 cm³/mol. The van der Waals surface area contributed by atoms with Gasteiger partial charge in [0.15, 0.2) is 12.6 Å². The van der Waals surface area contributed by atoms with Crippen molar-refractivity contribution in [2.45, 2.75) is 110 Å². The van der Waals surface area contributed by atoms with Gasteiger partial charge in [-0.05, 0) is 74.1 Å². The van der Waals surface area contributed by atoms with Gasteiger partial charge in [0, 0.05) is 32.0 Å². The number of ether oxygens (including phenoxy) is 5. The van der Waals surface area contributed by atoms with Gasteiger partial charge in [-0.25, -0.2) is 0 Å². The van der Waals surface area contributed by atoms with Crippen molar-refractivity contribution in [3.05, 3.63) is 0 Å². The molecule has 3 fully saturated rings. The number of hydrogen-bond donors (Lipinski definition) is 0. The van der Waals surface area contributed by atoms with Crippen molar-refractivity contribution in [1.29, 1.82) is 0 Å². The summed E-state index contributed by atoms with van der Waals surface area (Å²) in [4.78, 5) is 12.9. The van der Waals surface area contributed by atoms with Crippen molar-refractivity contribution in [2.75, 3.05) is 13.2 Å². The van der Waals surface area contributed by atoms with Crippen molar-refractivity contribution in [3.8, 4) is 0 Å². The molecular formula is C23H40O6. The maximum atomic E-state index is 12.9. The molecule has 3 saturated carbocycles. The van der Waals surface area contributed by atoms with E-state index in [-0.39, 0.29) is 30.1 Å². The maximum Gasteiger partial charge on any atom is 0.311 e. The summed E-state index contributed by atoms with van der Waals surface area (Å²) in [5.41, 5.74) is -1.95. The second-order valence-electron chi connectivity index (χ2n) is 10.5. The highest BCUT2D eigenvalue weighted by molar-refractivity contribution is 5.76. The van der Waals surface area contributed by atoms with E-state index in [1.54, 1.807) is 0 Å². The first-order chi connectivity index (χ1) is 13.4. The van der Waals surface area contributed by atoms with E-state index < -0.39 is 16.6 Å². The first kappa shape index (κ1) is 23.0. The molecule has 3 rings (SSSR count). The average Bonchev–Trinajstić information content (AvgIpc) is 2.50. The quantitative estimate of drug-likeness (QED) is 0.412. The topological polar surface area (TPSA) is 63.2 Å². The molecule has 0 radical (unpaired) electrons. The minimum atomic E-state index is -0.543. The molecule has 0 N–H and O–H groups in total. The van der Waals surface area contributed by atoms with Gasteiger partial charge in [-0.2, -0.15) is 0 Å². The van der Waals surface area contributed by atoms with E-state index in [1.165, 1.54) is 0 Å². The monoisotopic (exact) mass is 412 g/mol. The zero-order chi connectivity index (χ0) is 21.7. The predicted octanol–water partition coefficient (Wildman–Crippen LogP) is 4.44. The van der Waals surface area contributed by atoms with Gasteiger partial charge in [0.05, 0.1) is 16.6 Å². The van der Waals surface area contributed by atoms with E-state index >= 15 is 0 Å². The third-order valence-corrected chi connectivity index (χ3v) is 6.73. The maximum absolute atomic E-state index is 12.9. The summed E-state index contributed by atoms with van der Waals surface area (Å²) < 4.78 is 30.5. The highest BCUT2D eigenvalue weighted by Gasteiger charge is 2.78. The third kappa shape index (κ3) is 4.23. The minimum Gasteiger partial charge on any atom is -0.458 e. The van der Waals surface area contributed by atoms with Gasteiger partial charge in [0.25, 0.3) is 0 Å². The lowest BCUT2D eigenvalue weighted by Gasteiger charge is -2.74. The molecule has 3 aliphatic rings. The van der Waals surface area contributed by atoms with E-state index in [9.17, 15) is 4.79 Å². The number of carbonyl (C=O) groups is 1. The lowest BCUT2D eigenvalue weighted by Crippen LogP contribution is -2.80. The van der Waals surface area contributed by atoms with Gasteiger partial charge in [-0.3, -0.25) is 4.79 Å². The van der Waals surface area contributed by atoms with Gasteiger partial charge < -0.3 is 23.7 Å². The van der Waals surface area contributed by atoms with E-state index in [2.05, 4.69) is 6.92 Å². The van der Waals surface area contributed by atoms with Crippen LogP contribution in [0.4, 0.5) is 0 Å². The Labute approximate surface area is 175 Å². The van der Waals surface area contributed by atoms with Crippen LogP contribution in [0.3, 0.4) is 0 Å². The third-order valence-electron chi connectivity index (χ3n) is 6.73. The van der Waals surface area contributed by atoms with Crippen molar-refractivity contribution < 1.29 is 28.5 Å². The summed E-state index contributed by atoms with van der Waals surface area (Å²) >= 11 is 0. The smallest absolute Gasteiger partial charge is 0.311 e. The molecule has 6 nitrogen and oxygen atoms in total. The van der Waals surface area contributed by atoms with Crippen LogP contribution in [0.25, 0.3) is 0 Å². The highest BCUT2D eigenvalue weighted by atomic mass is 16.7. The normalized spacial score (nSPS) is 40.3. The van der Waals surface area contributed by atoms with Crippen LogP contribution >= 0.6 is 0 Å². The Kier molecular flexibility index (Phi) is 6.16. The van der Waals surface area contributed by atoms with Crippen LogP contribution in [0.5, 0.6) is 0 Å². The molecule has 6 heteroatoms. The summed E-state index contributed by atoms with van der Waals surface area (Å²) in [6.07, 6.45) is 2.65. The van der Waals surface area contributed by atoms with E-state index in [1.807, 2.05) is 48.5 Å². The Balaban J connectivity index is 1.87. The van der Waals surface area contributed by atoms with Crippen molar-refractivity contribution in [2.24, 2.45) is 17.3 Å². The van der Waals surface area contributed by atoms with Gasteiger partial charge in [-0.15, -0.1) is 0 Å². The fourth-order valence-electron chi connectivity index (χ4n) is 6.15. The molecule has 0 heterocycles. The summed E-state index contributed by atoms with van der Waals surface area (Å²) in [6.45, 7) is 16.8. The average molecular weight is 413 g/mol. The molecule has 0 aromatic rings. The molecule has 0 aromatic heterocycles. The van der Waals surface area contributed by atoms with Gasteiger partial charge >= 0.3 is 5.97 Å². The fraction of sp³-hybridized carbons (Fsp3) is 0.957. The largest absolute Gasteiger partial charge is 0.458 e. The Morgan fingerprint density at radius 1 is 0.966 bits per heavy atom. The van der Waals surface area contributed by atoms with Crippen molar-refractivity contribution >= 4 is 5.97 Å². The number of hydrogen-bond acceptors (Lipinski definition) is 6. The summed E-state index contributed by atoms with van der Waals surface area (Å²) in [6, 6.07) is 0. The minimum absolute atomic E-state index is 0.156. The molecule has 3 aliphatic carbocycles. The zero-order valence-electron chi connectivity index (χ0n) is 19.5. The lowest BCUT2D eigenvalue weighted by molar-refractivity contribution is -0.392. The van der Waals surface area contributed by atoms with Gasteiger partial charge in [-0.1, -0.05) is 0 Å². The fourth-order valence-corrected chi connectivity index (χ4v) is 6.15. The molecule has 7 atom stereocenters. The van der Waals surface area contributed by atoms with Crippen LogP contribution in [0.1, 0.15) is 81.1 Å². The van der Waals surface area contributed by atoms with E-state index in [0.29, 0.717) is 25.6 Å². The van der Waals surface area contributed by atoms with Crippen LogP contribution < -0.4 is 0 Å². The molecule has 0 saturated heterocycles. The molecule has 7 unspecified atom stereocenters. The Morgan fingerprint density at radius 2 is 1.48 bits per heavy atom. The lowest BCUT2D eigenvalue weighted by atomic mass is 9.37. The first-order valence-corrected chi connectivity index (χ1v) is 11.2. The van der Waals surface area contributed by atoms with Gasteiger partial charge in [0.2, 0.25) is 0 Å². The van der Waals surface area contributed by atoms with Crippen LogP contribution in [0, 0.1) is 17.3 Å². The number of rotatable bonds is 9. The molecule has 0 aliphatic heterocycles. The molecule has 0 spiro atoms. The van der Waals surface area contributed by atoms with Crippen molar-refractivity contribution in [3.63, 3.8) is 0 Å². The summed E-state index contributed by atoms with van der Waals surface area (Å²) in [5, 5.41) is 0. The van der Waals surface area contributed by atoms with Crippen LogP contribution in [0.2, 0.25) is 0 Å². The Bertz CT molecular complexity index is 615. The number of carbonyl (C=O) groups excluding carboxylic acids is 1. The Hall–Kier alpha value is -0.690. The van der Waals surface area contributed by atoms with E-state index in [0.717, 1.165) is 19.3 Å². The van der Waals surface area contributed by atoms with E-state index in [4.69, 9.17) is 23.7 Å². The number of esters is 1. The molecule has 0 bridgehead atoms. The molecule has 0 amide bonds. The molecule has 0 aromatic carbocycles. The van der Waals surface area contributed by atoms with Crippen LogP contribution in [-0.4, -0.2) is 48.6 Å². The van der Waals surface area contributed by atoms with Crippen LogP contribution in [0.15, 0.2) is 0 Å². The van der Waals surface area contributed by atoms with Crippen molar-refractivity contribution in [1.82, 2.24) is 0 Å². The highest BCUT2D eigenvalue weighted by Crippen LogP contribution is 2.72. The SMILES string of the molecule is CCOC(C)OC1(C)CC2(OC(=O)C(C)(C)C)CC3CC(OC(C)OCC)(C1)C32. The van der Waals surface area contributed by atoms with Gasteiger partial charge in [0.1, 0.15) is 5.60 Å². The standard InChI is InChI=1S/C23H40O6/c1-9-25-15(3)27-21(8)13-22(28-16(4)26-10-2)11-17-12-23(14-21,18(17)22)29-19(24)20(5,6)7/h15-18H,9-14H2,1-8H3. The summed E-state index contributed by atoms with van der Waals surface area (Å²) in [7, 11) is 0. The molecular weight excluding hydrogens is 372 g/mol. The zero-order valence-corrected chi connectivity index (χ0v) is 19.5. The Morgan fingerprint density at radius 3 is 2.00 bits per heavy atom. The molecule has 168 valence electrons. The second-order valence-corrected chi connectivity index (χ2v) is 10.5. The van der Waals surface area contributed by atoms with Crippen LogP contribution in [-0.2, 0) is 28.5 Å².